The van der Waals surface area contributed by atoms with Crippen molar-refractivity contribution in [2.75, 3.05) is 0 Å². The van der Waals surface area contributed by atoms with E-state index < -0.39 is 5.97 Å². The zero-order valence-electron chi connectivity index (χ0n) is 7.85. The van der Waals surface area contributed by atoms with E-state index in [0.29, 0.717) is 6.42 Å². The van der Waals surface area contributed by atoms with E-state index in [2.05, 4.69) is 20.9 Å². The SMILES string of the molecule is O=C(O)CCc1ccc2c(Br)ncn2c1. The second-order valence-electron chi connectivity index (χ2n) is 3.26. The van der Waals surface area contributed by atoms with Crippen LogP contribution in [-0.4, -0.2) is 20.5 Å². The third-order valence-corrected chi connectivity index (χ3v) is 2.78. The summed E-state index contributed by atoms with van der Waals surface area (Å²) in [6.07, 6.45) is 4.29. The van der Waals surface area contributed by atoms with Gasteiger partial charge in [-0.2, -0.15) is 0 Å². The maximum Gasteiger partial charge on any atom is 0.303 e. The summed E-state index contributed by atoms with van der Waals surface area (Å²) in [5.74, 6) is -0.776. The van der Waals surface area contributed by atoms with Crippen LogP contribution in [0.15, 0.2) is 29.3 Å². The Morgan fingerprint density at radius 1 is 1.53 bits per heavy atom. The molecule has 1 N–H and O–H groups in total. The predicted molar refractivity (Wildman–Crippen MR) is 58.8 cm³/mol. The summed E-state index contributed by atoms with van der Waals surface area (Å²) in [7, 11) is 0. The van der Waals surface area contributed by atoms with Crippen LogP contribution in [0, 0.1) is 0 Å². The molecule has 0 saturated heterocycles. The number of carboxylic acids is 1. The Hall–Kier alpha value is -1.36. The minimum Gasteiger partial charge on any atom is -0.481 e. The van der Waals surface area contributed by atoms with Gasteiger partial charge in [0.15, 0.2) is 0 Å². The molecule has 0 atom stereocenters. The number of imidazole rings is 1. The number of halogens is 1. The largest absolute Gasteiger partial charge is 0.481 e. The van der Waals surface area contributed by atoms with Gasteiger partial charge in [0.2, 0.25) is 0 Å². The highest BCUT2D eigenvalue weighted by Crippen LogP contribution is 2.16. The summed E-state index contributed by atoms with van der Waals surface area (Å²) >= 11 is 3.33. The highest BCUT2D eigenvalue weighted by Gasteiger charge is 2.03. The normalized spacial score (nSPS) is 10.7. The maximum absolute atomic E-state index is 10.4. The lowest BCUT2D eigenvalue weighted by atomic mass is 10.1. The van der Waals surface area contributed by atoms with E-state index in [0.717, 1.165) is 15.7 Å². The van der Waals surface area contributed by atoms with Crippen molar-refractivity contribution in [1.29, 1.82) is 0 Å². The van der Waals surface area contributed by atoms with Crippen LogP contribution in [0.25, 0.3) is 5.52 Å². The summed E-state index contributed by atoms with van der Waals surface area (Å²) in [5, 5.41) is 8.57. The molecule has 0 aliphatic heterocycles. The lowest BCUT2D eigenvalue weighted by Gasteiger charge is -2.00. The molecular weight excluding hydrogens is 260 g/mol. The number of carboxylic acid groups (broad SMARTS) is 1. The van der Waals surface area contributed by atoms with Crippen LogP contribution in [0.4, 0.5) is 0 Å². The summed E-state index contributed by atoms with van der Waals surface area (Å²) in [6, 6.07) is 3.85. The van der Waals surface area contributed by atoms with Crippen molar-refractivity contribution in [3.63, 3.8) is 0 Å². The molecule has 0 spiro atoms. The monoisotopic (exact) mass is 268 g/mol. The number of aromatic nitrogens is 2. The Morgan fingerprint density at radius 2 is 2.33 bits per heavy atom. The molecule has 0 amide bonds. The van der Waals surface area contributed by atoms with Crippen LogP contribution in [0.5, 0.6) is 0 Å². The van der Waals surface area contributed by atoms with E-state index in [4.69, 9.17) is 5.11 Å². The Labute approximate surface area is 94.7 Å². The Kier molecular flexibility index (Phi) is 2.73. The molecule has 0 fully saturated rings. The third kappa shape index (κ3) is 2.18. The first kappa shape index (κ1) is 10.2. The van der Waals surface area contributed by atoms with Crippen molar-refractivity contribution in [2.24, 2.45) is 0 Å². The lowest BCUT2D eigenvalue weighted by Crippen LogP contribution is -1.98. The smallest absolute Gasteiger partial charge is 0.303 e. The second-order valence-corrected chi connectivity index (χ2v) is 4.01. The van der Waals surface area contributed by atoms with Gasteiger partial charge in [0.25, 0.3) is 0 Å². The maximum atomic E-state index is 10.4. The van der Waals surface area contributed by atoms with E-state index >= 15 is 0 Å². The van der Waals surface area contributed by atoms with Gasteiger partial charge in [-0.05, 0) is 34.0 Å². The summed E-state index contributed by atoms with van der Waals surface area (Å²) in [4.78, 5) is 14.5. The summed E-state index contributed by atoms with van der Waals surface area (Å²) in [5.41, 5.74) is 1.98. The zero-order valence-corrected chi connectivity index (χ0v) is 9.44. The van der Waals surface area contributed by atoms with Gasteiger partial charge in [-0.15, -0.1) is 0 Å². The van der Waals surface area contributed by atoms with Gasteiger partial charge in [-0.1, -0.05) is 6.07 Å². The molecule has 2 aromatic rings. The minimum atomic E-state index is -0.776. The molecule has 15 heavy (non-hydrogen) atoms. The predicted octanol–water partition coefficient (Wildman–Crippen LogP) is 2.11. The number of carbonyl (C=O) groups is 1. The van der Waals surface area contributed by atoms with Gasteiger partial charge >= 0.3 is 5.97 Å². The summed E-state index contributed by atoms with van der Waals surface area (Å²) in [6.45, 7) is 0. The highest BCUT2D eigenvalue weighted by molar-refractivity contribution is 9.10. The number of hydrogen-bond donors (Lipinski definition) is 1. The average Bonchev–Trinajstić information content (AvgIpc) is 2.57. The zero-order chi connectivity index (χ0) is 10.8. The number of aryl methyl sites for hydroxylation is 1. The lowest BCUT2D eigenvalue weighted by molar-refractivity contribution is -0.136. The first-order valence-electron chi connectivity index (χ1n) is 4.49. The Balaban J connectivity index is 2.27. The molecule has 0 aliphatic carbocycles. The van der Waals surface area contributed by atoms with Crippen LogP contribution in [0.2, 0.25) is 0 Å². The first-order valence-corrected chi connectivity index (χ1v) is 5.29. The Bertz CT molecular complexity index is 507. The van der Waals surface area contributed by atoms with Gasteiger partial charge < -0.3 is 9.51 Å². The van der Waals surface area contributed by atoms with E-state index in [9.17, 15) is 4.79 Å². The topological polar surface area (TPSA) is 54.6 Å². The quantitative estimate of drug-likeness (QED) is 0.928. The first-order chi connectivity index (χ1) is 7.16. The van der Waals surface area contributed by atoms with Gasteiger partial charge in [-0.3, -0.25) is 4.79 Å². The molecule has 0 saturated carbocycles. The van der Waals surface area contributed by atoms with Gasteiger partial charge in [0, 0.05) is 12.6 Å². The van der Waals surface area contributed by atoms with Crippen molar-refractivity contribution in [3.05, 3.63) is 34.8 Å². The number of aliphatic carboxylic acids is 1. The van der Waals surface area contributed by atoms with Gasteiger partial charge in [0.1, 0.15) is 10.9 Å². The van der Waals surface area contributed by atoms with E-state index in [-0.39, 0.29) is 6.42 Å². The molecule has 2 heterocycles. The second kappa shape index (κ2) is 4.02. The number of hydrogen-bond acceptors (Lipinski definition) is 2. The number of pyridine rings is 1. The van der Waals surface area contributed by atoms with Gasteiger partial charge in [-0.25, -0.2) is 4.98 Å². The van der Waals surface area contributed by atoms with Crippen molar-refractivity contribution >= 4 is 27.4 Å². The molecule has 2 aromatic heterocycles. The van der Waals surface area contributed by atoms with Crippen molar-refractivity contribution < 1.29 is 9.90 Å². The molecule has 2 rings (SSSR count). The molecule has 4 nitrogen and oxygen atoms in total. The Morgan fingerprint density at radius 3 is 3.07 bits per heavy atom. The highest BCUT2D eigenvalue weighted by atomic mass is 79.9. The van der Waals surface area contributed by atoms with Crippen molar-refractivity contribution in [2.45, 2.75) is 12.8 Å². The number of nitrogens with zero attached hydrogens (tertiary/aromatic N) is 2. The molecule has 0 aliphatic rings. The van der Waals surface area contributed by atoms with Crippen molar-refractivity contribution in [3.8, 4) is 0 Å². The van der Waals surface area contributed by atoms with Gasteiger partial charge in [0.05, 0.1) is 5.52 Å². The van der Waals surface area contributed by atoms with Crippen LogP contribution < -0.4 is 0 Å². The third-order valence-electron chi connectivity index (χ3n) is 2.17. The van der Waals surface area contributed by atoms with Crippen molar-refractivity contribution in [1.82, 2.24) is 9.38 Å². The van der Waals surface area contributed by atoms with Crippen LogP contribution in [-0.2, 0) is 11.2 Å². The molecular formula is C10H9BrN2O2. The molecule has 0 bridgehead atoms. The standard InChI is InChI=1S/C10H9BrN2O2/c11-10-8-3-1-7(2-4-9(14)15)5-13(8)6-12-10/h1,3,5-6H,2,4H2,(H,14,15). The molecule has 0 aromatic carbocycles. The molecule has 0 unspecified atom stereocenters. The van der Waals surface area contributed by atoms with Crippen LogP contribution in [0.3, 0.4) is 0 Å². The van der Waals surface area contributed by atoms with E-state index in [1.807, 2.05) is 22.7 Å². The molecule has 0 radical (unpaired) electrons. The fourth-order valence-electron chi connectivity index (χ4n) is 1.41. The molecule has 5 heteroatoms. The minimum absolute atomic E-state index is 0.154. The molecule has 78 valence electrons. The average molecular weight is 269 g/mol. The van der Waals surface area contributed by atoms with E-state index in [1.165, 1.54) is 0 Å². The van der Waals surface area contributed by atoms with E-state index in [1.54, 1.807) is 6.33 Å². The van der Waals surface area contributed by atoms with Crippen LogP contribution in [0.1, 0.15) is 12.0 Å². The summed E-state index contributed by atoms with van der Waals surface area (Å²) < 4.78 is 2.67. The number of rotatable bonds is 3. The fraction of sp³-hybridized carbons (Fsp3) is 0.200. The van der Waals surface area contributed by atoms with Crippen LogP contribution >= 0.6 is 15.9 Å². The fourth-order valence-corrected chi connectivity index (χ4v) is 1.84. The number of fused-ring (bicyclic) bond motifs is 1.